The zero-order chi connectivity index (χ0) is 20.1. The van der Waals surface area contributed by atoms with Gasteiger partial charge in [0.15, 0.2) is 0 Å². The number of nitrogens with zero attached hydrogens (tertiary/aromatic N) is 3. The van der Waals surface area contributed by atoms with E-state index in [0.29, 0.717) is 12.2 Å². The molecule has 1 unspecified atom stereocenters. The first-order chi connectivity index (χ1) is 14.2. The molecule has 2 amide bonds. The van der Waals surface area contributed by atoms with Crippen LogP contribution in [0, 0.1) is 0 Å². The molecule has 0 bridgehead atoms. The molecule has 146 valence electrons. The van der Waals surface area contributed by atoms with Crippen LogP contribution in [0.15, 0.2) is 79.3 Å². The van der Waals surface area contributed by atoms with Gasteiger partial charge in [0.2, 0.25) is 0 Å². The van der Waals surface area contributed by atoms with E-state index in [1.165, 1.54) is 0 Å². The zero-order valence-corrected chi connectivity index (χ0v) is 16.0. The number of rotatable bonds is 6. The van der Waals surface area contributed by atoms with Crippen LogP contribution in [0.1, 0.15) is 6.92 Å². The molecule has 0 fully saturated rings. The van der Waals surface area contributed by atoms with Crippen molar-refractivity contribution in [1.82, 2.24) is 19.9 Å². The van der Waals surface area contributed by atoms with Crippen molar-refractivity contribution < 1.29 is 4.79 Å². The maximum absolute atomic E-state index is 12.2. The van der Waals surface area contributed by atoms with Crippen molar-refractivity contribution in [1.29, 1.82) is 0 Å². The molecule has 2 aromatic carbocycles. The minimum absolute atomic E-state index is 0.0419. The third kappa shape index (κ3) is 4.52. The van der Waals surface area contributed by atoms with Gasteiger partial charge >= 0.3 is 6.03 Å². The molecule has 0 aliphatic carbocycles. The summed E-state index contributed by atoms with van der Waals surface area (Å²) in [5.74, 6) is 0.741. The van der Waals surface area contributed by atoms with Crippen LogP contribution in [0.5, 0.6) is 0 Å². The van der Waals surface area contributed by atoms with Gasteiger partial charge in [0, 0.05) is 18.3 Å². The largest absolute Gasteiger partial charge is 0.383 e. The Bertz CT molecular complexity index is 1090. The SMILES string of the molecule is CC(CNc1ccccc1)NC(=O)Nc1ccc(-n2cnc3ccccc32)nc1. The first-order valence-corrected chi connectivity index (χ1v) is 9.44. The summed E-state index contributed by atoms with van der Waals surface area (Å²) in [5, 5.41) is 9.01. The Morgan fingerprint density at radius 2 is 1.76 bits per heavy atom. The molecule has 3 N–H and O–H groups in total. The highest BCUT2D eigenvalue weighted by atomic mass is 16.2. The third-order valence-electron chi connectivity index (χ3n) is 4.47. The van der Waals surface area contributed by atoms with Gasteiger partial charge in [0.25, 0.3) is 0 Å². The number of hydrogen-bond donors (Lipinski definition) is 3. The van der Waals surface area contributed by atoms with Gasteiger partial charge in [0.05, 0.1) is 22.9 Å². The number of carbonyl (C=O) groups excluding carboxylic acids is 1. The lowest BCUT2D eigenvalue weighted by molar-refractivity contribution is 0.249. The number of para-hydroxylation sites is 3. The highest BCUT2D eigenvalue weighted by Crippen LogP contribution is 2.17. The molecule has 29 heavy (non-hydrogen) atoms. The Morgan fingerprint density at radius 3 is 2.55 bits per heavy atom. The fourth-order valence-electron chi connectivity index (χ4n) is 3.01. The van der Waals surface area contributed by atoms with Crippen LogP contribution in [0.25, 0.3) is 16.9 Å². The number of pyridine rings is 1. The molecule has 0 radical (unpaired) electrons. The van der Waals surface area contributed by atoms with Crippen molar-refractivity contribution in [2.24, 2.45) is 0 Å². The molecule has 7 nitrogen and oxygen atoms in total. The van der Waals surface area contributed by atoms with E-state index < -0.39 is 0 Å². The average Bonchev–Trinajstić information content (AvgIpc) is 3.18. The van der Waals surface area contributed by atoms with Gasteiger partial charge in [-0.15, -0.1) is 0 Å². The Kier molecular flexibility index (Phi) is 5.38. The molecule has 7 heteroatoms. The number of fused-ring (bicyclic) bond motifs is 1. The van der Waals surface area contributed by atoms with E-state index >= 15 is 0 Å². The van der Waals surface area contributed by atoms with Crippen molar-refractivity contribution >= 4 is 28.4 Å². The van der Waals surface area contributed by atoms with Gasteiger partial charge in [-0.1, -0.05) is 30.3 Å². The van der Waals surface area contributed by atoms with Gasteiger partial charge in [-0.25, -0.2) is 14.8 Å². The van der Waals surface area contributed by atoms with E-state index in [9.17, 15) is 4.79 Å². The average molecular weight is 386 g/mol. The van der Waals surface area contributed by atoms with E-state index in [4.69, 9.17) is 0 Å². The minimum Gasteiger partial charge on any atom is -0.383 e. The highest BCUT2D eigenvalue weighted by Gasteiger charge is 2.09. The van der Waals surface area contributed by atoms with Crippen LogP contribution in [0.3, 0.4) is 0 Å². The molecule has 0 saturated carbocycles. The van der Waals surface area contributed by atoms with Crippen molar-refractivity contribution in [3.8, 4) is 5.82 Å². The first kappa shape index (κ1) is 18.5. The summed E-state index contributed by atoms with van der Waals surface area (Å²) in [4.78, 5) is 21.1. The summed E-state index contributed by atoms with van der Waals surface area (Å²) in [7, 11) is 0. The maximum atomic E-state index is 12.2. The second-order valence-electron chi connectivity index (χ2n) is 6.75. The van der Waals surface area contributed by atoms with Crippen molar-refractivity contribution in [3.05, 3.63) is 79.3 Å². The molecule has 4 aromatic rings. The topological polar surface area (TPSA) is 83.9 Å². The minimum atomic E-state index is -0.269. The van der Waals surface area contributed by atoms with Crippen LogP contribution in [0.2, 0.25) is 0 Å². The summed E-state index contributed by atoms with van der Waals surface area (Å²) >= 11 is 0. The number of anilines is 2. The van der Waals surface area contributed by atoms with E-state index in [1.54, 1.807) is 12.5 Å². The molecule has 2 heterocycles. The van der Waals surface area contributed by atoms with E-state index in [1.807, 2.05) is 78.2 Å². The number of hydrogen-bond acceptors (Lipinski definition) is 4. The monoisotopic (exact) mass is 386 g/mol. The summed E-state index contributed by atoms with van der Waals surface area (Å²) in [5.41, 5.74) is 3.54. The molecule has 2 aromatic heterocycles. The molecule has 1 atom stereocenters. The summed E-state index contributed by atoms with van der Waals surface area (Å²) in [6.07, 6.45) is 3.38. The lowest BCUT2D eigenvalue weighted by atomic mass is 10.3. The number of amides is 2. The van der Waals surface area contributed by atoms with Gasteiger partial charge in [-0.3, -0.25) is 4.57 Å². The van der Waals surface area contributed by atoms with Crippen LogP contribution in [0.4, 0.5) is 16.2 Å². The van der Waals surface area contributed by atoms with E-state index in [2.05, 4.69) is 25.9 Å². The smallest absolute Gasteiger partial charge is 0.319 e. The van der Waals surface area contributed by atoms with E-state index in [-0.39, 0.29) is 12.1 Å². The maximum Gasteiger partial charge on any atom is 0.319 e. The normalized spacial score (nSPS) is 11.8. The quantitative estimate of drug-likeness (QED) is 0.467. The van der Waals surface area contributed by atoms with Crippen LogP contribution in [-0.4, -0.2) is 33.2 Å². The Morgan fingerprint density at radius 1 is 0.966 bits per heavy atom. The van der Waals surface area contributed by atoms with Gasteiger partial charge < -0.3 is 16.0 Å². The second-order valence-corrected chi connectivity index (χ2v) is 6.75. The lowest BCUT2D eigenvalue weighted by Crippen LogP contribution is -2.40. The summed E-state index contributed by atoms with van der Waals surface area (Å²) < 4.78 is 1.91. The summed E-state index contributed by atoms with van der Waals surface area (Å²) in [6, 6.07) is 21.1. The number of aromatic nitrogens is 3. The third-order valence-corrected chi connectivity index (χ3v) is 4.47. The highest BCUT2D eigenvalue weighted by molar-refractivity contribution is 5.89. The first-order valence-electron chi connectivity index (χ1n) is 9.44. The zero-order valence-electron chi connectivity index (χ0n) is 16.0. The fourth-order valence-corrected chi connectivity index (χ4v) is 3.01. The molecule has 0 spiro atoms. The predicted octanol–water partition coefficient (Wildman–Crippen LogP) is 4.04. The van der Waals surface area contributed by atoms with Crippen molar-refractivity contribution in [2.45, 2.75) is 13.0 Å². The van der Waals surface area contributed by atoms with Crippen LogP contribution >= 0.6 is 0 Å². The number of benzene rings is 2. The van der Waals surface area contributed by atoms with Crippen LogP contribution < -0.4 is 16.0 Å². The molecule has 0 aliphatic heterocycles. The van der Waals surface area contributed by atoms with Crippen LogP contribution in [-0.2, 0) is 0 Å². The van der Waals surface area contributed by atoms with E-state index in [0.717, 1.165) is 22.5 Å². The standard InChI is InChI=1S/C22H22N6O/c1-16(13-23-17-7-3-2-4-8-17)26-22(29)27-18-11-12-21(24-14-18)28-15-25-19-9-5-6-10-20(19)28/h2-12,14-16,23H,13H2,1H3,(H2,26,27,29). The number of imidazole rings is 1. The van der Waals surface area contributed by atoms with Gasteiger partial charge in [-0.05, 0) is 43.3 Å². The van der Waals surface area contributed by atoms with Crippen molar-refractivity contribution in [2.75, 3.05) is 17.2 Å². The van der Waals surface area contributed by atoms with Gasteiger partial charge in [-0.2, -0.15) is 0 Å². The molecular formula is C22H22N6O. The molecule has 4 rings (SSSR count). The Hall–Kier alpha value is -3.87. The fraction of sp³-hybridized carbons (Fsp3) is 0.136. The molecule has 0 saturated heterocycles. The molecular weight excluding hydrogens is 364 g/mol. The molecule has 0 aliphatic rings. The Labute approximate surface area is 168 Å². The Balaban J connectivity index is 1.33. The number of urea groups is 1. The number of carbonyl (C=O) groups is 1. The lowest BCUT2D eigenvalue weighted by Gasteiger charge is -2.16. The predicted molar refractivity (Wildman–Crippen MR) is 115 cm³/mol. The second kappa shape index (κ2) is 8.43. The van der Waals surface area contributed by atoms with Gasteiger partial charge in [0.1, 0.15) is 12.1 Å². The van der Waals surface area contributed by atoms with Crippen molar-refractivity contribution in [3.63, 3.8) is 0 Å². The summed E-state index contributed by atoms with van der Waals surface area (Å²) in [6.45, 7) is 2.57. The number of nitrogens with one attached hydrogen (secondary N) is 3.